The van der Waals surface area contributed by atoms with Crippen molar-refractivity contribution in [1.82, 2.24) is 9.36 Å². The summed E-state index contributed by atoms with van der Waals surface area (Å²) in [4.78, 5) is 5.32. The molecule has 86 valence electrons. The second kappa shape index (κ2) is 4.45. The molecule has 0 spiro atoms. The number of aliphatic hydroxyl groups is 2. The zero-order valence-corrected chi connectivity index (χ0v) is 10.1. The number of aryl methyl sites for hydroxylation is 2. The first-order chi connectivity index (χ1) is 7.69. The maximum Gasteiger partial charge on any atom is 0.144 e. The molecule has 0 radical (unpaired) electrons. The van der Waals surface area contributed by atoms with Crippen molar-refractivity contribution in [2.24, 2.45) is 0 Å². The summed E-state index contributed by atoms with van der Waals surface area (Å²) in [5.41, 5.74) is 3.76. The summed E-state index contributed by atoms with van der Waals surface area (Å²) >= 11 is 1.31. The van der Waals surface area contributed by atoms with Crippen LogP contribution in [0.1, 0.15) is 22.5 Å². The number of hydrogen-bond acceptors (Lipinski definition) is 5. The first-order valence-corrected chi connectivity index (χ1v) is 5.92. The van der Waals surface area contributed by atoms with Gasteiger partial charge in [-0.2, -0.15) is 4.37 Å². The topological polar surface area (TPSA) is 66.2 Å². The molecule has 0 aromatic carbocycles. The normalized spacial score (nSPS) is 11.2. The van der Waals surface area contributed by atoms with E-state index in [2.05, 4.69) is 9.36 Å². The maximum atomic E-state index is 9.21. The zero-order valence-electron chi connectivity index (χ0n) is 9.32. The summed E-state index contributed by atoms with van der Waals surface area (Å²) in [5, 5.41) is 19.2. The number of rotatable bonds is 3. The molecular weight excluding hydrogens is 224 g/mol. The molecule has 2 aromatic rings. The van der Waals surface area contributed by atoms with Gasteiger partial charge in [0.2, 0.25) is 0 Å². The van der Waals surface area contributed by atoms with Crippen LogP contribution in [0.15, 0.2) is 0 Å². The Morgan fingerprint density at radius 2 is 2.00 bits per heavy atom. The summed E-state index contributed by atoms with van der Waals surface area (Å²) in [6.07, 6.45) is 0.599. The molecule has 16 heavy (non-hydrogen) atoms. The fourth-order valence-corrected chi connectivity index (χ4v) is 2.88. The van der Waals surface area contributed by atoms with Crippen LogP contribution in [0.25, 0.3) is 10.2 Å². The highest BCUT2D eigenvalue weighted by molar-refractivity contribution is 7.13. The van der Waals surface area contributed by atoms with Gasteiger partial charge in [-0.25, -0.2) is 4.98 Å². The van der Waals surface area contributed by atoms with Gasteiger partial charge in [-0.3, -0.25) is 0 Å². The van der Waals surface area contributed by atoms with E-state index in [0.717, 1.165) is 27.0 Å². The molecule has 0 amide bonds. The van der Waals surface area contributed by atoms with Crippen LogP contribution in [-0.2, 0) is 13.0 Å². The standard InChI is InChI=1S/C11H14N2O2S/c1-6-8(3-4-14)7(2)12-11-10(6)9(5-15)13-16-11/h14-15H,3-5H2,1-2H3. The SMILES string of the molecule is Cc1nc2snc(CO)c2c(C)c1CCO. The Kier molecular flexibility index (Phi) is 3.18. The lowest BCUT2D eigenvalue weighted by Gasteiger charge is -2.09. The number of hydrogen-bond donors (Lipinski definition) is 2. The van der Waals surface area contributed by atoms with E-state index in [-0.39, 0.29) is 13.2 Å². The summed E-state index contributed by atoms with van der Waals surface area (Å²) in [5.74, 6) is 0. The lowest BCUT2D eigenvalue weighted by atomic mass is 10.0. The number of aromatic nitrogens is 2. The summed E-state index contributed by atoms with van der Waals surface area (Å²) in [7, 11) is 0. The summed E-state index contributed by atoms with van der Waals surface area (Å²) in [6.45, 7) is 3.98. The predicted molar refractivity (Wildman–Crippen MR) is 63.6 cm³/mol. The molecule has 0 aliphatic rings. The number of fused-ring (bicyclic) bond motifs is 1. The van der Waals surface area contributed by atoms with Crippen LogP contribution >= 0.6 is 11.5 Å². The molecule has 0 saturated heterocycles. The van der Waals surface area contributed by atoms with E-state index in [0.29, 0.717) is 12.1 Å². The Bertz CT molecular complexity index is 522. The molecule has 0 fully saturated rings. The van der Waals surface area contributed by atoms with Gasteiger partial charge in [-0.1, -0.05) is 0 Å². The molecule has 0 unspecified atom stereocenters. The third-order valence-corrected chi connectivity index (χ3v) is 3.57. The highest BCUT2D eigenvalue weighted by atomic mass is 32.1. The lowest BCUT2D eigenvalue weighted by Crippen LogP contribution is -2.01. The van der Waals surface area contributed by atoms with Gasteiger partial charge in [0, 0.05) is 17.7 Å². The largest absolute Gasteiger partial charge is 0.396 e. The van der Waals surface area contributed by atoms with Crippen LogP contribution in [0.2, 0.25) is 0 Å². The maximum absolute atomic E-state index is 9.21. The van der Waals surface area contributed by atoms with Crippen LogP contribution in [-0.4, -0.2) is 26.2 Å². The van der Waals surface area contributed by atoms with Crippen LogP contribution < -0.4 is 0 Å². The minimum absolute atomic E-state index is 0.0653. The second-order valence-electron chi connectivity index (χ2n) is 3.74. The first kappa shape index (κ1) is 11.4. The van der Waals surface area contributed by atoms with Crippen LogP contribution in [0.5, 0.6) is 0 Å². The van der Waals surface area contributed by atoms with Crippen LogP contribution in [0.3, 0.4) is 0 Å². The Hall–Kier alpha value is -1.04. The molecule has 0 atom stereocenters. The molecular formula is C11H14N2O2S. The van der Waals surface area contributed by atoms with Gasteiger partial charge in [0.15, 0.2) is 0 Å². The van der Waals surface area contributed by atoms with Gasteiger partial charge in [0.25, 0.3) is 0 Å². The third-order valence-electron chi connectivity index (χ3n) is 2.79. The number of aliphatic hydroxyl groups excluding tert-OH is 2. The molecule has 0 saturated carbocycles. The summed E-state index contributed by atoms with van der Waals surface area (Å²) < 4.78 is 4.18. The molecule has 0 bridgehead atoms. The Balaban J connectivity index is 2.72. The zero-order chi connectivity index (χ0) is 11.7. The van der Waals surface area contributed by atoms with Gasteiger partial charge in [-0.15, -0.1) is 0 Å². The van der Waals surface area contributed by atoms with Gasteiger partial charge in [0.05, 0.1) is 12.3 Å². The fraction of sp³-hybridized carbons (Fsp3) is 0.455. The second-order valence-corrected chi connectivity index (χ2v) is 4.49. The molecule has 2 aromatic heterocycles. The Morgan fingerprint density at radius 1 is 1.25 bits per heavy atom. The van der Waals surface area contributed by atoms with Crippen LogP contribution in [0.4, 0.5) is 0 Å². The van der Waals surface area contributed by atoms with E-state index in [1.807, 2.05) is 13.8 Å². The molecule has 0 aliphatic carbocycles. The molecule has 2 rings (SSSR count). The monoisotopic (exact) mass is 238 g/mol. The Labute approximate surface area is 97.7 Å². The van der Waals surface area contributed by atoms with Crippen molar-refractivity contribution in [3.8, 4) is 0 Å². The van der Waals surface area contributed by atoms with Crippen molar-refractivity contribution < 1.29 is 10.2 Å². The van der Waals surface area contributed by atoms with Crippen molar-refractivity contribution in [3.05, 3.63) is 22.5 Å². The van der Waals surface area contributed by atoms with E-state index in [1.165, 1.54) is 11.5 Å². The van der Waals surface area contributed by atoms with E-state index >= 15 is 0 Å². The minimum atomic E-state index is -0.0653. The van der Waals surface area contributed by atoms with Crippen molar-refractivity contribution in [2.45, 2.75) is 26.9 Å². The quantitative estimate of drug-likeness (QED) is 0.846. The van der Waals surface area contributed by atoms with Gasteiger partial charge in [0.1, 0.15) is 4.83 Å². The van der Waals surface area contributed by atoms with E-state index in [9.17, 15) is 5.11 Å². The van der Waals surface area contributed by atoms with Gasteiger partial charge >= 0.3 is 0 Å². The van der Waals surface area contributed by atoms with Crippen molar-refractivity contribution >= 4 is 21.7 Å². The van der Waals surface area contributed by atoms with Crippen molar-refractivity contribution in [2.75, 3.05) is 6.61 Å². The smallest absolute Gasteiger partial charge is 0.144 e. The number of nitrogens with zero attached hydrogens (tertiary/aromatic N) is 2. The average molecular weight is 238 g/mol. The van der Waals surface area contributed by atoms with E-state index in [4.69, 9.17) is 5.11 Å². The molecule has 2 N–H and O–H groups in total. The highest BCUT2D eigenvalue weighted by Gasteiger charge is 2.14. The summed E-state index contributed by atoms with van der Waals surface area (Å²) in [6, 6.07) is 0. The molecule has 2 heterocycles. The van der Waals surface area contributed by atoms with Crippen LogP contribution in [0, 0.1) is 13.8 Å². The average Bonchev–Trinajstić information content (AvgIpc) is 2.67. The van der Waals surface area contributed by atoms with Gasteiger partial charge in [-0.05, 0) is 42.9 Å². The van der Waals surface area contributed by atoms with E-state index < -0.39 is 0 Å². The van der Waals surface area contributed by atoms with E-state index in [1.54, 1.807) is 0 Å². The lowest BCUT2D eigenvalue weighted by molar-refractivity contribution is 0.279. The Morgan fingerprint density at radius 3 is 2.62 bits per heavy atom. The molecule has 4 nitrogen and oxygen atoms in total. The molecule has 0 aliphatic heterocycles. The van der Waals surface area contributed by atoms with Gasteiger partial charge < -0.3 is 10.2 Å². The first-order valence-electron chi connectivity index (χ1n) is 5.15. The minimum Gasteiger partial charge on any atom is -0.396 e. The predicted octanol–water partition coefficient (Wildman–Crippen LogP) is 1.34. The van der Waals surface area contributed by atoms with Crippen molar-refractivity contribution in [3.63, 3.8) is 0 Å². The van der Waals surface area contributed by atoms with Crippen molar-refractivity contribution in [1.29, 1.82) is 0 Å². The highest BCUT2D eigenvalue weighted by Crippen LogP contribution is 2.28. The number of pyridine rings is 1. The molecule has 5 heteroatoms. The fourth-order valence-electron chi connectivity index (χ4n) is 2.00. The third kappa shape index (κ3) is 1.71.